The van der Waals surface area contributed by atoms with Gasteiger partial charge in [0.05, 0.1) is 5.69 Å². The van der Waals surface area contributed by atoms with Gasteiger partial charge in [0.15, 0.2) is 0 Å². The molecule has 2 aromatic rings. The van der Waals surface area contributed by atoms with Gasteiger partial charge >= 0.3 is 0 Å². The topological polar surface area (TPSA) is 24.9 Å². The summed E-state index contributed by atoms with van der Waals surface area (Å²) in [6, 6.07) is 9.01. The molecule has 1 aromatic heterocycles. The molecule has 1 aromatic carbocycles. The van der Waals surface area contributed by atoms with Gasteiger partial charge < -0.3 is 5.32 Å². The van der Waals surface area contributed by atoms with Crippen LogP contribution >= 0.6 is 11.8 Å². The number of thioether (sulfide) groups is 1. The van der Waals surface area contributed by atoms with Crippen molar-refractivity contribution in [3.05, 3.63) is 53.7 Å². The minimum absolute atomic E-state index is 0.298. The summed E-state index contributed by atoms with van der Waals surface area (Å²) in [5, 5.41) is 2.93. The third-order valence-corrected chi connectivity index (χ3v) is 3.40. The van der Waals surface area contributed by atoms with Crippen LogP contribution in [-0.2, 0) is 5.75 Å². The molecule has 0 saturated heterocycles. The van der Waals surface area contributed by atoms with E-state index in [9.17, 15) is 8.78 Å². The van der Waals surface area contributed by atoms with Crippen LogP contribution in [0, 0.1) is 11.6 Å². The predicted octanol–water partition coefficient (Wildman–Crippen LogP) is 3.69. The van der Waals surface area contributed by atoms with Crippen molar-refractivity contribution >= 4 is 17.6 Å². The first-order valence-corrected chi connectivity index (χ1v) is 6.39. The van der Waals surface area contributed by atoms with Crippen LogP contribution in [0.25, 0.3) is 0 Å². The molecule has 0 aliphatic heterocycles. The smallest absolute Gasteiger partial charge is 0.136 e. The lowest BCUT2D eigenvalue weighted by Crippen LogP contribution is -1.95. The summed E-state index contributed by atoms with van der Waals surface area (Å²) >= 11 is 1.23. The third kappa shape index (κ3) is 3.20. The fourth-order valence-electron chi connectivity index (χ4n) is 1.44. The second-order valence-corrected chi connectivity index (χ2v) is 4.64. The number of benzene rings is 1. The fraction of sp³-hybridized carbons (Fsp3) is 0.154. The number of pyridine rings is 1. The van der Waals surface area contributed by atoms with Crippen LogP contribution in [0.1, 0.15) is 5.69 Å². The Bertz CT molecular complexity index is 546. The van der Waals surface area contributed by atoms with E-state index in [1.54, 1.807) is 7.05 Å². The van der Waals surface area contributed by atoms with Crippen molar-refractivity contribution in [3.8, 4) is 0 Å². The number of aromatic nitrogens is 1. The molecule has 0 bridgehead atoms. The molecule has 0 unspecified atom stereocenters. The summed E-state index contributed by atoms with van der Waals surface area (Å²) in [6.07, 6.45) is 0. The van der Waals surface area contributed by atoms with Crippen LogP contribution in [0.15, 0.2) is 41.3 Å². The van der Waals surface area contributed by atoms with Crippen molar-refractivity contribution in [1.82, 2.24) is 4.98 Å². The first kappa shape index (κ1) is 12.8. The minimum atomic E-state index is -0.434. The second-order valence-electron chi connectivity index (χ2n) is 3.63. The van der Waals surface area contributed by atoms with Gasteiger partial charge in [-0.15, -0.1) is 11.8 Å². The molecule has 0 atom stereocenters. The average molecular weight is 266 g/mol. The predicted molar refractivity (Wildman–Crippen MR) is 69.7 cm³/mol. The Labute approximate surface area is 108 Å². The van der Waals surface area contributed by atoms with Crippen molar-refractivity contribution in [2.24, 2.45) is 0 Å². The molecular weight excluding hydrogens is 254 g/mol. The highest BCUT2D eigenvalue weighted by atomic mass is 32.2. The molecule has 0 aliphatic carbocycles. The van der Waals surface area contributed by atoms with Gasteiger partial charge in [0.1, 0.15) is 17.5 Å². The van der Waals surface area contributed by atoms with E-state index in [4.69, 9.17) is 0 Å². The third-order valence-electron chi connectivity index (χ3n) is 2.33. The zero-order valence-corrected chi connectivity index (χ0v) is 10.6. The summed E-state index contributed by atoms with van der Waals surface area (Å²) in [4.78, 5) is 4.61. The first-order valence-electron chi connectivity index (χ1n) is 5.40. The molecule has 0 saturated carbocycles. The van der Waals surface area contributed by atoms with Gasteiger partial charge in [-0.25, -0.2) is 13.8 Å². The van der Waals surface area contributed by atoms with Crippen molar-refractivity contribution in [1.29, 1.82) is 0 Å². The lowest BCUT2D eigenvalue weighted by Gasteiger charge is -2.05. The molecule has 2 nitrogen and oxygen atoms in total. The molecule has 2 rings (SSSR count). The molecular formula is C13H12F2N2S. The monoisotopic (exact) mass is 266 g/mol. The molecule has 0 radical (unpaired) electrons. The van der Waals surface area contributed by atoms with Crippen LogP contribution in [-0.4, -0.2) is 12.0 Å². The highest BCUT2D eigenvalue weighted by Gasteiger charge is 2.05. The van der Waals surface area contributed by atoms with Crippen molar-refractivity contribution < 1.29 is 8.78 Å². The number of hydrogen-bond donors (Lipinski definition) is 1. The molecule has 1 heterocycles. The normalized spacial score (nSPS) is 10.4. The molecule has 0 fully saturated rings. The Balaban J connectivity index is 2.08. The number of halogens is 2. The van der Waals surface area contributed by atoms with Gasteiger partial charge in [0.25, 0.3) is 0 Å². The second kappa shape index (κ2) is 5.82. The van der Waals surface area contributed by atoms with E-state index in [-0.39, 0.29) is 0 Å². The Hall–Kier alpha value is -1.62. The van der Waals surface area contributed by atoms with Crippen molar-refractivity contribution in [2.45, 2.75) is 10.6 Å². The van der Waals surface area contributed by atoms with Gasteiger partial charge in [-0.05, 0) is 30.3 Å². The Morgan fingerprint density at radius 1 is 1.22 bits per heavy atom. The lowest BCUT2D eigenvalue weighted by atomic mass is 10.3. The van der Waals surface area contributed by atoms with Gasteiger partial charge in [0, 0.05) is 17.7 Å². The fourth-order valence-corrected chi connectivity index (χ4v) is 2.30. The van der Waals surface area contributed by atoms with Gasteiger partial charge in [-0.1, -0.05) is 6.07 Å². The van der Waals surface area contributed by atoms with Gasteiger partial charge in [-0.3, -0.25) is 0 Å². The summed E-state index contributed by atoms with van der Waals surface area (Å²) in [6.45, 7) is 0. The SMILES string of the molecule is CNc1cccc(CSc2cc(F)ccc2F)n1. The maximum Gasteiger partial charge on any atom is 0.136 e. The van der Waals surface area contributed by atoms with E-state index in [2.05, 4.69) is 10.3 Å². The van der Waals surface area contributed by atoms with Crippen LogP contribution in [0.4, 0.5) is 14.6 Å². The average Bonchev–Trinajstić information content (AvgIpc) is 2.40. The van der Waals surface area contributed by atoms with E-state index in [0.29, 0.717) is 10.6 Å². The number of rotatable bonds is 4. The molecule has 0 aliphatic rings. The Morgan fingerprint density at radius 3 is 2.83 bits per heavy atom. The summed E-state index contributed by atoms with van der Waals surface area (Å²) in [7, 11) is 1.78. The first-order chi connectivity index (χ1) is 8.69. The van der Waals surface area contributed by atoms with Crippen LogP contribution in [0.2, 0.25) is 0 Å². The number of nitrogens with one attached hydrogen (secondary N) is 1. The number of hydrogen-bond acceptors (Lipinski definition) is 3. The molecule has 1 N–H and O–H groups in total. The maximum absolute atomic E-state index is 13.4. The van der Waals surface area contributed by atoms with Crippen molar-refractivity contribution in [2.75, 3.05) is 12.4 Å². The zero-order chi connectivity index (χ0) is 13.0. The molecule has 94 valence electrons. The highest BCUT2D eigenvalue weighted by Crippen LogP contribution is 2.25. The largest absolute Gasteiger partial charge is 0.373 e. The summed E-state index contributed by atoms with van der Waals surface area (Å²) < 4.78 is 26.4. The molecule has 0 spiro atoms. The van der Waals surface area contributed by atoms with Crippen LogP contribution in [0.5, 0.6) is 0 Å². The van der Waals surface area contributed by atoms with Gasteiger partial charge in [0.2, 0.25) is 0 Å². The highest BCUT2D eigenvalue weighted by molar-refractivity contribution is 7.98. The number of nitrogens with zero attached hydrogens (tertiary/aromatic N) is 1. The molecule has 18 heavy (non-hydrogen) atoms. The van der Waals surface area contributed by atoms with E-state index in [1.807, 2.05) is 18.2 Å². The molecule has 5 heteroatoms. The lowest BCUT2D eigenvalue weighted by molar-refractivity contribution is 0.577. The summed E-state index contributed by atoms with van der Waals surface area (Å²) in [5.74, 6) is 0.408. The minimum Gasteiger partial charge on any atom is -0.373 e. The standard InChI is InChI=1S/C13H12F2N2S/c1-16-13-4-2-3-10(17-13)8-18-12-7-9(14)5-6-11(12)15/h2-7H,8H2,1H3,(H,16,17). The van der Waals surface area contributed by atoms with E-state index < -0.39 is 11.6 Å². The summed E-state index contributed by atoms with van der Waals surface area (Å²) in [5.41, 5.74) is 0.815. The van der Waals surface area contributed by atoms with Crippen molar-refractivity contribution in [3.63, 3.8) is 0 Å². The van der Waals surface area contributed by atoms with Crippen LogP contribution in [0.3, 0.4) is 0 Å². The van der Waals surface area contributed by atoms with E-state index >= 15 is 0 Å². The Kier molecular flexibility index (Phi) is 4.15. The van der Waals surface area contributed by atoms with E-state index in [1.165, 1.54) is 17.8 Å². The quantitative estimate of drug-likeness (QED) is 0.854. The van der Waals surface area contributed by atoms with Crippen LogP contribution < -0.4 is 5.32 Å². The van der Waals surface area contributed by atoms with E-state index in [0.717, 1.165) is 23.6 Å². The molecule has 0 amide bonds. The zero-order valence-electron chi connectivity index (χ0n) is 9.78. The Morgan fingerprint density at radius 2 is 2.06 bits per heavy atom. The van der Waals surface area contributed by atoms with Gasteiger partial charge in [-0.2, -0.15) is 0 Å². The number of anilines is 1. The maximum atomic E-state index is 13.4.